The number of nitrogens with zero attached hydrogens (tertiary/aromatic N) is 6. The van der Waals surface area contributed by atoms with Crippen molar-refractivity contribution in [3.63, 3.8) is 0 Å². The summed E-state index contributed by atoms with van der Waals surface area (Å²) >= 11 is 0. The maximum Gasteiger partial charge on any atom is 0.264 e. The Balaban J connectivity index is 1.09. The van der Waals surface area contributed by atoms with Gasteiger partial charge in [0.1, 0.15) is 18.0 Å². The van der Waals surface area contributed by atoms with Crippen LogP contribution in [-0.2, 0) is 14.4 Å². The van der Waals surface area contributed by atoms with E-state index >= 15 is 0 Å². The molecule has 3 amide bonds. The summed E-state index contributed by atoms with van der Waals surface area (Å²) in [6.07, 6.45) is 4.80. The van der Waals surface area contributed by atoms with E-state index in [0.29, 0.717) is 18.9 Å². The van der Waals surface area contributed by atoms with Crippen molar-refractivity contribution in [1.82, 2.24) is 10.0 Å². The Labute approximate surface area is 295 Å². The first kappa shape index (κ1) is 32.4. The second-order valence-electron chi connectivity index (χ2n) is 13.0. The second-order valence-corrected chi connectivity index (χ2v) is 13.0. The molecule has 0 aromatic heterocycles. The molecule has 258 valence electrons. The van der Waals surface area contributed by atoms with Crippen molar-refractivity contribution in [1.29, 1.82) is 0 Å². The molecule has 51 heavy (non-hydrogen) atoms. The molecule has 4 aromatic rings. The number of hydrazone groups is 1. The van der Waals surface area contributed by atoms with Gasteiger partial charge >= 0.3 is 0 Å². The van der Waals surface area contributed by atoms with Crippen LogP contribution in [0.1, 0.15) is 50.3 Å². The van der Waals surface area contributed by atoms with E-state index < -0.39 is 23.9 Å². The summed E-state index contributed by atoms with van der Waals surface area (Å²) < 4.78 is 11.3. The zero-order valence-corrected chi connectivity index (χ0v) is 28.5. The molecular formula is C40H38N6O5. The minimum absolute atomic E-state index is 0.0286. The minimum atomic E-state index is -1.03. The molecule has 1 aliphatic carbocycles. The SMILES string of the molecule is CCOc1ccc(/C=C2\CCC[C@H]3C2=NN(C(=O)CN2N=N[C@@H]4C(=O)N(c5cccc6ccccc56)C(=O)[C@@H]42)[C@H]3c2ccc(OCC)cc2)cc1. The van der Waals surface area contributed by atoms with Gasteiger partial charge in [-0.1, -0.05) is 65.9 Å². The molecule has 4 aliphatic rings. The summed E-state index contributed by atoms with van der Waals surface area (Å²) in [6.45, 7) is 4.79. The van der Waals surface area contributed by atoms with Crippen LogP contribution in [-0.4, -0.2) is 65.3 Å². The van der Waals surface area contributed by atoms with Crippen molar-refractivity contribution in [3.8, 4) is 11.5 Å². The number of ether oxygens (including phenoxy) is 2. The molecule has 1 saturated heterocycles. The molecule has 1 saturated carbocycles. The number of anilines is 1. The lowest BCUT2D eigenvalue weighted by atomic mass is 9.77. The van der Waals surface area contributed by atoms with E-state index in [4.69, 9.17) is 14.6 Å². The molecule has 8 rings (SSSR count). The molecule has 0 radical (unpaired) electrons. The lowest BCUT2D eigenvalue weighted by Gasteiger charge is -2.30. The molecule has 3 aliphatic heterocycles. The Hall–Kier alpha value is -5.84. The summed E-state index contributed by atoms with van der Waals surface area (Å²) in [5.74, 6) is 0.295. The Kier molecular flexibility index (Phi) is 8.55. The molecule has 4 atom stereocenters. The Morgan fingerprint density at radius 2 is 1.55 bits per heavy atom. The fourth-order valence-electron chi connectivity index (χ4n) is 7.70. The zero-order valence-electron chi connectivity index (χ0n) is 28.5. The summed E-state index contributed by atoms with van der Waals surface area (Å²) in [7, 11) is 0. The molecule has 4 aromatic carbocycles. The number of hydrogen-bond acceptors (Lipinski definition) is 9. The molecular weight excluding hydrogens is 644 g/mol. The first-order valence-corrected chi connectivity index (χ1v) is 17.5. The number of rotatable bonds is 9. The van der Waals surface area contributed by atoms with Crippen LogP contribution in [0.5, 0.6) is 11.5 Å². The first-order valence-electron chi connectivity index (χ1n) is 17.5. The molecule has 11 nitrogen and oxygen atoms in total. The number of benzene rings is 4. The Morgan fingerprint density at radius 3 is 2.29 bits per heavy atom. The van der Waals surface area contributed by atoms with Crippen molar-refractivity contribution in [2.24, 2.45) is 21.4 Å². The molecule has 0 bridgehead atoms. The maximum atomic E-state index is 14.4. The third-order valence-electron chi connectivity index (χ3n) is 9.98. The topological polar surface area (TPSA) is 116 Å². The predicted octanol–water partition coefficient (Wildman–Crippen LogP) is 6.75. The lowest BCUT2D eigenvalue weighted by Crippen LogP contribution is -2.45. The zero-order chi connectivity index (χ0) is 35.1. The van der Waals surface area contributed by atoms with Crippen LogP contribution in [0.2, 0.25) is 0 Å². The quantitative estimate of drug-likeness (QED) is 0.180. The standard InChI is InChI=1S/C40H38N6O5/c1-3-50-29-19-15-25(16-20-29)23-28-11-7-13-32-35(28)42-46(37(32)27-17-21-30(22-18-27)51-4-2)34(47)24-44-38-36(41-43-44)39(48)45(40(38)49)33-14-8-10-26-9-5-6-12-31(26)33/h5-6,8-10,12,14-23,32,36-38H,3-4,7,11,13,24H2,1-2H3/b28-23+/t32-,36-,37-,38+/m0/s1. The highest BCUT2D eigenvalue weighted by Gasteiger charge is 2.56. The number of allylic oxidation sites excluding steroid dienone is 1. The van der Waals surface area contributed by atoms with E-state index in [9.17, 15) is 14.4 Å². The summed E-state index contributed by atoms with van der Waals surface area (Å²) in [5, 5.41) is 18.0. The van der Waals surface area contributed by atoms with E-state index in [2.05, 4.69) is 16.4 Å². The van der Waals surface area contributed by atoms with Gasteiger partial charge in [-0.25, -0.2) is 9.91 Å². The van der Waals surface area contributed by atoms with E-state index in [1.165, 1.54) is 9.91 Å². The van der Waals surface area contributed by atoms with Crippen LogP contribution in [0, 0.1) is 5.92 Å². The number of hydrogen-bond donors (Lipinski definition) is 0. The Morgan fingerprint density at radius 1 is 0.843 bits per heavy atom. The number of fused-ring (bicyclic) bond motifs is 3. The smallest absolute Gasteiger partial charge is 0.264 e. The molecule has 2 fully saturated rings. The van der Waals surface area contributed by atoms with Gasteiger partial charge in [-0.3, -0.25) is 19.4 Å². The highest BCUT2D eigenvalue weighted by atomic mass is 16.5. The number of carbonyl (C=O) groups is 3. The average molecular weight is 683 g/mol. The predicted molar refractivity (Wildman–Crippen MR) is 193 cm³/mol. The van der Waals surface area contributed by atoms with E-state index in [0.717, 1.165) is 63.9 Å². The highest BCUT2D eigenvalue weighted by molar-refractivity contribution is 6.27. The van der Waals surface area contributed by atoms with Gasteiger partial charge in [0.05, 0.1) is 30.7 Å². The minimum Gasteiger partial charge on any atom is -0.494 e. The number of carbonyl (C=O) groups excluding carboxylic acids is 3. The molecule has 3 heterocycles. The van der Waals surface area contributed by atoms with Crippen LogP contribution in [0.4, 0.5) is 5.69 Å². The van der Waals surface area contributed by atoms with Gasteiger partial charge in [0.2, 0.25) is 0 Å². The maximum absolute atomic E-state index is 14.4. The van der Waals surface area contributed by atoms with Crippen LogP contribution in [0.15, 0.2) is 112 Å². The third kappa shape index (κ3) is 5.82. The normalized spacial score (nSPS) is 23.2. The van der Waals surface area contributed by atoms with Crippen LogP contribution >= 0.6 is 0 Å². The molecule has 0 unspecified atom stereocenters. The van der Waals surface area contributed by atoms with Crippen molar-refractivity contribution in [3.05, 3.63) is 108 Å². The summed E-state index contributed by atoms with van der Waals surface area (Å²) in [4.78, 5) is 43.2. The van der Waals surface area contributed by atoms with Gasteiger partial charge < -0.3 is 9.47 Å². The summed E-state index contributed by atoms with van der Waals surface area (Å²) in [5.41, 5.74) is 4.44. The molecule has 0 spiro atoms. The van der Waals surface area contributed by atoms with E-state index in [-0.39, 0.29) is 24.4 Å². The number of amides is 3. The Bertz CT molecular complexity index is 2090. The van der Waals surface area contributed by atoms with Gasteiger partial charge in [0.25, 0.3) is 17.7 Å². The fraction of sp³-hybridized carbons (Fsp3) is 0.300. The van der Waals surface area contributed by atoms with E-state index in [1.807, 2.05) is 98.8 Å². The van der Waals surface area contributed by atoms with Gasteiger partial charge in [0.15, 0.2) is 12.1 Å². The fourth-order valence-corrected chi connectivity index (χ4v) is 7.70. The second kappa shape index (κ2) is 13.5. The van der Waals surface area contributed by atoms with E-state index in [1.54, 1.807) is 11.1 Å². The molecule has 0 N–H and O–H groups in total. The van der Waals surface area contributed by atoms with Crippen molar-refractivity contribution >= 4 is 46.0 Å². The van der Waals surface area contributed by atoms with Gasteiger partial charge in [0, 0.05) is 11.3 Å². The van der Waals surface area contributed by atoms with Crippen LogP contribution in [0.25, 0.3) is 16.8 Å². The first-order chi connectivity index (χ1) is 24.9. The number of imide groups is 1. The van der Waals surface area contributed by atoms with Crippen molar-refractivity contribution < 1.29 is 23.9 Å². The molecule has 11 heteroatoms. The van der Waals surface area contributed by atoms with Gasteiger partial charge in [-0.2, -0.15) is 10.2 Å². The van der Waals surface area contributed by atoms with Crippen LogP contribution < -0.4 is 14.4 Å². The van der Waals surface area contributed by atoms with Crippen molar-refractivity contribution in [2.45, 2.75) is 51.2 Å². The summed E-state index contributed by atoms with van der Waals surface area (Å²) in [6, 6.07) is 26.5. The highest BCUT2D eigenvalue weighted by Crippen LogP contribution is 2.45. The largest absolute Gasteiger partial charge is 0.494 e. The lowest BCUT2D eigenvalue weighted by molar-refractivity contribution is -0.136. The average Bonchev–Trinajstić information content (AvgIpc) is 3.82. The van der Waals surface area contributed by atoms with Crippen LogP contribution in [0.3, 0.4) is 0 Å². The monoisotopic (exact) mass is 682 g/mol. The van der Waals surface area contributed by atoms with Gasteiger partial charge in [-0.05, 0) is 91.6 Å². The van der Waals surface area contributed by atoms with Crippen molar-refractivity contribution in [2.75, 3.05) is 24.7 Å². The van der Waals surface area contributed by atoms with Gasteiger partial charge in [-0.15, -0.1) is 0 Å². The third-order valence-corrected chi connectivity index (χ3v) is 9.98.